The van der Waals surface area contributed by atoms with Crippen LogP contribution in [0.3, 0.4) is 0 Å². The molecule has 0 fully saturated rings. The molecule has 30 heavy (non-hydrogen) atoms. The number of aromatic amines is 1. The topological polar surface area (TPSA) is 110 Å². The highest BCUT2D eigenvalue weighted by atomic mass is 16.2. The number of rotatable bonds is 7. The molecule has 0 aliphatic heterocycles. The molecule has 4 aromatic heterocycles. The molecule has 0 amide bonds. The Balaban J connectivity index is 1.57. The highest BCUT2D eigenvalue weighted by Crippen LogP contribution is 2.19. The molecular weight excluding hydrogens is 382 g/mol. The van der Waals surface area contributed by atoms with Gasteiger partial charge in [-0.25, -0.2) is 14.8 Å². The van der Waals surface area contributed by atoms with E-state index in [2.05, 4.69) is 25.3 Å². The summed E-state index contributed by atoms with van der Waals surface area (Å²) in [5.41, 5.74) is 1.88. The average Bonchev–Trinajstić information content (AvgIpc) is 3.21. The van der Waals surface area contributed by atoms with E-state index in [1.54, 1.807) is 19.3 Å². The number of imidazole rings is 1. The number of H-pyrrole nitrogens is 1. The standard InChI is InChI=1S/C21H23N7O2/c1-3-27-19-17(20(29)28(4-2)21(27)30)25-18(26-19)15-7-8-16(24-13-15)23-11-9-14-6-5-10-22-12-14/h5-8,10,12-13H,3-4,9,11H2,1-2H3,(H,23,24)(H,25,26). The minimum atomic E-state index is -0.359. The van der Waals surface area contributed by atoms with Gasteiger partial charge in [0.05, 0.1) is 0 Å². The maximum atomic E-state index is 12.6. The first kappa shape index (κ1) is 19.6. The van der Waals surface area contributed by atoms with Crippen molar-refractivity contribution in [2.75, 3.05) is 11.9 Å². The van der Waals surface area contributed by atoms with Crippen molar-refractivity contribution in [1.82, 2.24) is 29.1 Å². The van der Waals surface area contributed by atoms with Gasteiger partial charge >= 0.3 is 5.69 Å². The van der Waals surface area contributed by atoms with Crippen LogP contribution in [0.25, 0.3) is 22.6 Å². The molecule has 0 unspecified atom stereocenters. The van der Waals surface area contributed by atoms with Crippen LogP contribution in [0.1, 0.15) is 19.4 Å². The van der Waals surface area contributed by atoms with E-state index in [0.717, 1.165) is 29.9 Å². The highest BCUT2D eigenvalue weighted by molar-refractivity contribution is 5.75. The molecule has 2 N–H and O–H groups in total. The lowest BCUT2D eigenvalue weighted by atomic mass is 10.2. The van der Waals surface area contributed by atoms with E-state index in [0.29, 0.717) is 30.1 Å². The molecule has 0 atom stereocenters. The van der Waals surface area contributed by atoms with Crippen molar-refractivity contribution in [3.63, 3.8) is 0 Å². The van der Waals surface area contributed by atoms with Crippen LogP contribution in [-0.2, 0) is 19.5 Å². The molecule has 4 rings (SSSR count). The lowest BCUT2D eigenvalue weighted by Crippen LogP contribution is -2.39. The van der Waals surface area contributed by atoms with Gasteiger partial charge in [-0.15, -0.1) is 0 Å². The molecule has 0 saturated carbocycles. The second-order valence-corrected chi connectivity index (χ2v) is 6.83. The number of hydrogen-bond acceptors (Lipinski definition) is 6. The Morgan fingerprint density at radius 3 is 2.57 bits per heavy atom. The Morgan fingerprint density at radius 1 is 1.07 bits per heavy atom. The molecule has 0 spiro atoms. The van der Waals surface area contributed by atoms with Crippen LogP contribution >= 0.6 is 0 Å². The minimum absolute atomic E-state index is 0.308. The second-order valence-electron chi connectivity index (χ2n) is 6.83. The van der Waals surface area contributed by atoms with Gasteiger partial charge in [-0.1, -0.05) is 6.07 Å². The lowest BCUT2D eigenvalue weighted by Gasteiger charge is -2.06. The normalized spacial score (nSPS) is 11.1. The van der Waals surface area contributed by atoms with Crippen molar-refractivity contribution < 1.29 is 0 Å². The quantitative estimate of drug-likeness (QED) is 0.487. The molecule has 9 heteroatoms. The summed E-state index contributed by atoms with van der Waals surface area (Å²) in [6.07, 6.45) is 6.14. The van der Waals surface area contributed by atoms with Crippen LogP contribution in [0, 0.1) is 0 Å². The van der Waals surface area contributed by atoms with Gasteiger partial charge in [0.15, 0.2) is 5.65 Å². The molecule has 0 aliphatic carbocycles. The summed E-state index contributed by atoms with van der Waals surface area (Å²) < 4.78 is 2.71. The van der Waals surface area contributed by atoms with Crippen LogP contribution in [-0.4, -0.2) is 35.6 Å². The van der Waals surface area contributed by atoms with Crippen molar-refractivity contribution in [2.45, 2.75) is 33.4 Å². The maximum absolute atomic E-state index is 12.6. The molecule has 0 aromatic carbocycles. The Labute approximate surface area is 172 Å². The van der Waals surface area contributed by atoms with Gasteiger partial charge in [-0.3, -0.25) is 18.9 Å². The first-order chi connectivity index (χ1) is 14.6. The summed E-state index contributed by atoms with van der Waals surface area (Å²) in [4.78, 5) is 41.3. The number of hydrogen-bond donors (Lipinski definition) is 2. The fraction of sp³-hybridized carbons (Fsp3) is 0.286. The Morgan fingerprint density at radius 2 is 1.90 bits per heavy atom. The number of aromatic nitrogens is 6. The van der Waals surface area contributed by atoms with Crippen molar-refractivity contribution in [1.29, 1.82) is 0 Å². The van der Waals surface area contributed by atoms with E-state index in [-0.39, 0.29) is 11.2 Å². The Bertz CT molecular complexity index is 1270. The molecule has 0 aliphatic rings. The summed E-state index contributed by atoms with van der Waals surface area (Å²) >= 11 is 0. The zero-order chi connectivity index (χ0) is 21.1. The summed E-state index contributed by atoms with van der Waals surface area (Å²) in [5.74, 6) is 1.25. The van der Waals surface area contributed by atoms with E-state index in [1.165, 1.54) is 9.13 Å². The average molecular weight is 405 g/mol. The zero-order valence-corrected chi connectivity index (χ0v) is 16.9. The zero-order valence-electron chi connectivity index (χ0n) is 16.9. The lowest BCUT2D eigenvalue weighted by molar-refractivity contribution is 0.606. The molecular formula is C21H23N7O2. The second kappa shape index (κ2) is 8.32. The molecule has 4 aromatic rings. The summed E-state index contributed by atoms with van der Waals surface area (Å²) in [5, 5.41) is 3.28. The largest absolute Gasteiger partial charge is 0.370 e. The number of pyridine rings is 2. The van der Waals surface area contributed by atoms with Crippen LogP contribution in [0.2, 0.25) is 0 Å². The smallest absolute Gasteiger partial charge is 0.332 e. The van der Waals surface area contributed by atoms with Gasteiger partial charge in [0.25, 0.3) is 5.56 Å². The summed E-state index contributed by atoms with van der Waals surface area (Å²) in [7, 11) is 0. The number of nitrogens with zero attached hydrogens (tertiary/aromatic N) is 5. The first-order valence-corrected chi connectivity index (χ1v) is 9.95. The SMILES string of the molecule is CCn1c(=O)c2[nH]c(-c3ccc(NCCc4cccnc4)nc3)nc2n(CC)c1=O. The van der Waals surface area contributed by atoms with E-state index < -0.39 is 0 Å². The molecule has 0 saturated heterocycles. The van der Waals surface area contributed by atoms with Crippen LogP contribution < -0.4 is 16.6 Å². The van der Waals surface area contributed by atoms with Crippen molar-refractivity contribution in [2.24, 2.45) is 0 Å². The summed E-state index contributed by atoms with van der Waals surface area (Å²) in [6, 6.07) is 7.70. The molecule has 0 radical (unpaired) electrons. The van der Waals surface area contributed by atoms with Crippen LogP contribution in [0.5, 0.6) is 0 Å². The van der Waals surface area contributed by atoms with Gasteiger partial charge in [0.2, 0.25) is 0 Å². The number of anilines is 1. The first-order valence-electron chi connectivity index (χ1n) is 9.95. The predicted octanol–water partition coefficient (Wildman–Crippen LogP) is 2.04. The maximum Gasteiger partial charge on any atom is 0.332 e. The highest BCUT2D eigenvalue weighted by Gasteiger charge is 2.16. The fourth-order valence-electron chi connectivity index (χ4n) is 3.39. The van der Waals surface area contributed by atoms with Gasteiger partial charge in [0.1, 0.15) is 17.2 Å². The molecule has 4 heterocycles. The van der Waals surface area contributed by atoms with E-state index in [9.17, 15) is 9.59 Å². The molecule has 154 valence electrons. The third-order valence-electron chi connectivity index (χ3n) is 4.97. The molecule has 9 nitrogen and oxygen atoms in total. The van der Waals surface area contributed by atoms with Crippen molar-refractivity contribution in [3.05, 3.63) is 69.3 Å². The fourth-order valence-corrected chi connectivity index (χ4v) is 3.39. The number of fused-ring (bicyclic) bond motifs is 1. The Hall–Kier alpha value is -3.75. The minimum Gasteiger partial charge on any atom is -0.370 e. The number of nitrogens with one attached hydrogen (secondary N) is 2. The van der Waals surface area contributed by atoms with Crippen LogP contribution in [0.4, 0.5) is 5.82 Å². The van der Waals surface area contributed by atoms with Crippen molar-refractivity contribution in [3.8, 4) is 11.4 Å². The van der Waals surface area contributed by atoms with E-state index in [1.807, 2.05) is 37.4 Å². The van der Waals surface area contributed by atoms with E-state index >= 15 is 0 Å². The van der Waals surface area contributed by atoms with Crippen molar-refractivity contribution >= 4 is 17.0 Å². The number of aryl methyl sites for hydroxylation is 1. The predicted molar refractivity (Wildman–Crippen MR) is 116 cm³/mol. The Kier molecular flexibility index (Phi) is 5.42. The van der Waals surface area contributed by atoms with Gasteiger partial charge in [-0.2, -0.15) is 0 Å². The van der Waals surface area contributed by atoms with Gasteiger partial charge in [0, 0.05) is 43.8 Å². The monoisotopic (exact) mass is 405 g/mol. The van der Waals surface area contributed by atoms with Crippen LogP contribution in [0.15, 0.2) is 52.4 Å². The summed E-state index contributed by atoms with van der Waals surface area (Å²) in [6.45, 7) is 5.10. The molecule has 0 bridgehead atoms. The van der Waals surface area contributed by atoms with Gasteiger partial charge < -0.3 is 10.3 Å². The third kappa shape index (κ3) is 3.61. The van der Waals surface area contributed by atoms with Gasteiger partial charge in [-0.05, 0) is 44.0 Å². The third-order valence-corrected chi connectivity index (χ3v) is 4.97. The van der Waals surface area contributed by atoms with E-state index in [4.69, 9.17) is 0 Å².